The van der Waals surface area contributed by atoms with E-state index in [0.29, 0.717) is 17.1 Å². The lowest BCUT2D eigenvalue weighted by Crippen LogP contribution is -2.33. The molecule has 0 spiro atoms. The molecule has 0 radical (unpaired) electrons. The SMILES string of the molecule is C[C@@H](c1ccc(F)cc1)n1cccc(C(=O)NCc2noc(-c3c[nH]c4ncccc34)n2)c1=O. The fourth-order valence-electron chi connectivity index (χ4n) is 3.71. The molecule has 0 fully saturated rings. The molecule has 170 valence electrons. The minimum Gasteiger partial charge on any atom is -0.345 e. The largest absolute Gasteiger partial charge is 0.345 e. The molecule has 1 atom stereocenters. The van der Waals surface area contributed by atoms with Crippen LogP contribution in [0.1, 0.15) is 34.7 Å². The number of nitrogens with zero attached hydrogens (tertiary/aromatic N) is 4. The van der Waals surface area contributed by atoms with Crippen LogP contribution in [0.3, 0.4) is 0 Å². The van der Waals surface area contributed by atoms with Crippen LogP contribution in [-0.2, 0) is 6.54 Å². The second kappa shape index (κ2) is 8.74. The summed E-state index contributed by atoms with van der Waals surface area (Å²) in [6.45, 7) is 1.78. The number of pyridine rings is 2. The van der Waals surface area contributed by atoms with Crippen LogP contribution in [0.15, 0.2) is 76.4 Å². The Balaban J connectivity index is 1.31. The van der Waals surface area contributed by atoms with Crippen molar-refractivity contribution in [2.24, 2.45) is 0 Å². The molecule has 0 aliphatic rings. The highest BCUT2D eigenvalue weighted by atomic mass is 19.1. The van der Waals surface area contributed by atoms with E-state index in [2.05, 4.69) is 25.4 Å². The first-order valence-electron chi connectivity index (χ1n) is 10.5. The van der Waals surface area contributed by atoms with Crippen molar-refractivity contribution >= 4 is 16.9 Å². The number of aromatic nitrogens is 5. The van der Waals surface area contributed by atoms with Gasteiger partial charge in [0.05, 0.1) is 18.2 Å². The number of hydrogen-bond donors (Lipinski definition) is 2. The zero-order valence-electron chi connectivity index (χ0n) is 18.0. The molecule has 5 rings (SSSR count). The summed E-state index contributed by atoms with van der Waals surface area (Å²) >= 11 is 0. The average molecular weight is 458 g/mol. The molecule has 10 heteroatoms. The molecule has 5 aromatic rings. The third-order valence-corrected chi connectivity index (χ3v) is 5.55. The summed E-state index contributed by atoms with van der Waals surface area (Å²) in [5.41, 5.74) is 1.65. The van der Waals surface area contributed by atoms with Gasteiger partial charge in [-0.1, -0.05) is 17.3 Å². The number of nitrogens with one attached hydrogen (secondary N) is 2. The van der Waals surface area contributed by atoms with Crippen molar-refractivity contribution in [1.82, 2.24) is 30.0 Å². The highest BCUT2D eigenvalue weighted by molar-refractivity contribution is 5.93. The van der Waals surface area contributed by atoms with Gasteiger partial charge in [0.15, 0.2) is 5.82 Å². The second-order valence-corrected chi connectivity index (χ2v) is 7.66. The molecule has 0 saturated carbocycles. The number of hydrogen-bond acceptors (Lipinski definition) is 6. The van der Waals surface area contributed by atoms with Gasteiger partial charge in [-0.05, 0) is 48.9 Å². The molecular weight excluding hydrogens is 439 g/mol. The number of H-pyrrole nitrogens is 1. The molecule has 0 aliphatic heterocycles. The molecule has 1 amide bonds. The molecule has 9 nitrogen and oxygen atoms in total. The Labute approximate surface area is 192 Å². The summed E-state index contributed by atoms with van der Waals surface area (Å²) in [5.74, 6) is -0.369. The number of carbonyl (C=O) groups excluding carboxylic acids is 1. The maximum Gasteiger partial charge on any atom is 0.263 e. The Morgan fingerprint density at radius 2 is 2.03 bits per heavy atom. The number of fused-ring (bicyclic) bond motifs is 1. The Morgan fingerprint density at radius 1 is 1.21 bits per heavy atom. The van der Waals surface area contributed by atoms with Gasteiger partial charge in [0.2, 0.25) is 0 Å². The third kappa shape index (κ3) is 3.96. The van der Waals surface area contributed by atoms with E-state index in [1.807, 2.05) is 6.07 Å². The van der Waals surface area contributed by atoms with Crippen molar-refractivity contribution in [1.29, 1.82) is 0 Å². The van der Waals surface area contributed by atoms with Crippen LogP contribution in [0.2, 0.25) is 0 Å². The van der Waals surface area contributed by atoms with Crippen LogP contribution in [-0.4, -0.2) is 30.6 Å². The molecule has 0 bridgehead atoms. The summed E-state index contributed by atoms with van der Waals surface area (Å²) < 4.78 is 20.0. The van der Waals surface area contributed by atoms with Gasteiger partial charge >= 0.3 is 0 Å². The monoisotopic (exact) mass is 458 g/mol. The number of aromatic amines is 1. The fraction of sp³-hybridized carbons (Fsp3) is 0.125. The van der Waals surface area contributed by atoms with Gasteiger partial charge in [0.1, 0.15) is 17.0 Å². The Morgan fingerprint density at radius 3 is 2.85 bits per heavy atom. The zero-order chi connectivity index (χ0) is 23.7. The first kappa shape index (κ1) is 21.3. The minimum absolute atomic E-state index is 0.0230. The summed E-state index contributed by atoms with van der Waals surface area (Å²) in [7, 11) is 0. The van der Waals surface area contributed by atoms with Gasteiger partial charge in [0.25, 0.3) is 17.4 Å². The van der Waals surface area contributed by atoms with Crippen LogP contribution in [0.5, 0.6) is 0 Å². The fourth-order valence-corrected chi connectivity index (χ4v) is 3.71. The van der Waals surface area contributed by atoms with E-state index in [0.717, 1.165) is 10.9 Å². The van der Waals surface area contributed by atoms with Gasteiger partial charge in [-0.25, -0.2) is 9.37 Å². The maximum absolute atomic E-state index is 13.2. The predicted molar refractivity (Wildman–Crippen MR) is 121 cm³/mol. The number of benzene rings is 1. The van der Waals surface area contributed by atoms with Crippen LogP contribution >= 0.6 is 0 Å². The topological polar surface area (TPSA) is 119 Å². The van der Waals surface area contributed by atoms with E-state index in [1.165, 1.54) is 22.8 Å². The molecular formula is C24H19FN6O3. The molecule has 1 aromatic carbocycles. The van der Waals surface area contributed by atoms with Crippen LogP contribution in [0.4, 0.5) is 4.39 Å². The lowest BCUT2D eigenvalue weighted by Gasteiger charge is -2.16. The molecule has 0 aliphatic carbocycles. The quantitative estimate of drug-likeness (QED) is 0.402. The van der Waals surface area contributed by atoms with Gasteiger partial charge < -0.3 is 19.4 Å². The van der Waals surface area contributed by atoms with Gasteiger partial charge in [-0.15, -0.1) is 0 Å². The summed E-state index contributed by atoms with van der Waals surface area (Å²) in [5, 5.41) is 7.40. The zero-order valence-corrected chi connectivity index (χ0v) is 18.0. The number of halogens is 1. The van der Waals surface area contributed by atoms with E-state index in [4.69, 9.17) is 4.52 Å². The minimum atomic E-state index is -0.562. The average Bonchev–Trinajstić information content (AvgIpc) is 3.49. The molecule has 2 N–H and O–H groups in total. The number of rotatable bonds is 6. The van der Waals surface area contributed by atoms with Crippen molar-refractivity contribution in [2.75, 3.05) is 0 Å². The van der Waals surface area contributed by atoms with Crippen molar-refractivity contribution in [2.45, 2.75) is 19.5 Å². The normalized spacial score (nSPS) is 12.1. The van der Waals surface area contributed by atoms with Crippen molar-refractivity contribution in [3.05, 3.63) is 100 Å². The highest BCUT2D eigenvalue weighted by Gasteiger charge is 2.18. The molecule has 4 aromatic heterocycles. The van der Waals surface area contributed by atoms with E-state index < -0.39 is 11.5 Å². The van der Waals surface area contributed by atoms with E-state index in [-0.39, 0.29) is 29.8 Å². The van der Waals surface area contributed by atoms with Crippen molar-refractivity contribution < 1.29 is 13.7 Å². The molecule has 0 saturated heterocycles. The summed E-state index contributed by atoms with van der Waals surface area (Å²) in [6.07, 6.45) is 4.99. The Kier molecular flexibility index (Phi) is 5.46. The van der Waals surface area contributed by atoms with Gasteiger partial charge in [-0.3, -0.25) is 9.59 Å². The predicted octanol–water partition coefficient (Wildman–Crippen LogP) is 3.45. The Bertz CT molecular complexity index is 1540. The first-order valence-corrected chi connectivity index (χ1v) is 10.5. The lowest BCUT2D eigenvalue weighted by atomic mass is 10.1. The number of amides is 1. The van der Waals surface area contributed by atoms with E-state index in [9.17, 15) is 14.0 Å². The lowest BCUT2D eigenvalue weighted by molar-refractivity contribution is 0.0947. The standard InChI is InChI=1S/C24H19FN6O3/c1-14(15-6-8-16(25)9-7-15)31-11-3-5-18(24(31)33)22(32)28-13-20-29-23(34-30-20)19-12-27-21-17(19)4-2-10-26-21/h2-12,14H,13H2,1H3,(H,26,27)(H,28,32)/t14-/m0/s1. The molecule has 34 heavy (non-hydrogen) atoms. The second-order valence-electron chi connectivity index (χ2n) is 7.66. The first-order chi connectivity index (χ1) is 16.5. The Hall–Kier alpha value is -4.60. The third-order valence-electron chi connectivity index (χ3n) is 5.55. The summed E-state index contributed by atoms with van der Waals surface area (Å²) in [6, 6.07) is 12.3. The number of carbonyl (C=O) groups is 1. The van der Waals surface area contributed by atoms with Crippen LogP contribution in [0.25, 0.3) is 22.5 Å². The molecule has 4 heterocycles. The summed E-state index contributed by atoms with van der Waals surface area (Å²) in [4.78, 5) is 37.3. The molecule has 0 unspecified atom stereocenters. The van der Waals surface area contributed by atoms with Crippen LogP contribution in [0, 0.1) is 5.82 Å². The smallest absolute Gasteiger partial charge is 0.263 e. The van der Waals surface area contributed by atoms with E-state index in [1.54, 1.807) is 49.8 Å². The van der Waals surface area contributed by atoms with Crippen molar-refractivity contribution in [3.8, 4) is 11.5 Å². The van der Waals surface area contributed by atoms with Gasteiger partial charge in [0, 0.05) is 24.0 Å². The van der Waals surface area contributed by atoms with Gasteiger partial charge in [-0.2, -0.15) is 4.98 Å². The van der Waals surface area contributed by atoms with E-state index >= 15 is 0 Å². The van der Waals surface area contributed by atoms with Crippen molar-refractivity contribution in [3.63, 3.8) is 0 Å². The maximum atomic E-state index is 13.2. The van der Waals surface area contributed by atoms with Crippen LogP contribution < -0.4 is 10.9 Å². The highest BCUT2D eigenvalue weighted by Crippen LogP contribution is 2.25.